The molecule has 0 aromatic heterocycles. The summed E-state index contributed by atoms with van der Waals surface area (Å²) in [6.07, 6.45) is 0. The second-order valence-corrected chi connectivity index (χ2v) is 6.98. The van der Waals surface area contributed by atoms with Crippen molar-refractivity contribution >= 4 is 21.6 Å². The number of amides is 1. The molecule has 0 atom stereocenters. The molecule has 1 amide bonds. The number of nitrogens with one attached hydrogen (secondary N) is 1. The van der Waals surface area contributed by atoms with Crippen LogP contribution in [0.3, 0.4) is 0 Å². The Morgan fingerprint density at radius 1 is 1.12 bits per heavy atom. The van der Waals surface area contributed by atoms with Crippen molar-refractivity contribution in [2.24, 2.45) is 0 Å². The number of benzene rings is 2. The van der Waals surface area contributed by atoms with Gasteiger partial charge in [-0.25, -0.2) is 8.42 Å². The van der Waals surface area contributed by atoms with Crippen LogP contribution in [-0.2, 0) is 10.0 Å². The molecule has 2 aromatic carbocycles. The van der Waals surface area contributed by atoms with Crippen LogP contribution >= 0.6 is 0 Å². The van der Waals surface area contributed by atoms with Gasteiger partial charge in [-0.1, -0.05) is 6.07 Å². The van der Waals surface area contributed by atoms with E-state index in [0.29, 0.717) is 29.9 Å². The zero-order valence-electron chi connectivity index (χ0n) is 14.1. The van der Waals surface area contributed by atoms with Gasteiger partial charge in [0.15, 0.2) is 0 Å². The smallest absolute Gasteiger partial charge is 0.261 e. The molecule has 1 N–H and O–H groups in total. The van der Waals surface area contributed by atoms with Crippen LogP contribution in [0.4, 0.5) is 5.69 Å². The van der Waals surface area contributed by atoms with Gasteiger partial charge < -0.3 is 4.90 Å². The predicted octanol–water partition coefficient (Wildman–Crippen LogP) is 2.84. The number of sulfonamides is 1. The molecule has 2 rings (SSSR count). The molecule has 0 bridgehead atoms. The molecule has 0 saturated carbocycles. The largest absolute Gasteiger partial charge is 0.339 e. The van der Waals surface area contributed by atoms with E-state index in [1.165, 1.54) is 30.3 Å². The van der Waals surface area contributed by atoms with Crippen LogP contribution in [0.15, 0.2) is 53.4 Å². The van der Waals surface area contributed by atoms with Gasteiger partial charge >= 0.3 is 0 Å². The Morgan fingerprint density at radius 3 is 2.32 bits per heavy atom. The summed E-state index contributed by atoms with van der Waals surface area (Å²) < 4.78 is 27.3. The van der Waals surface area contributed by atoms with Gasteiger partial charge in [-0.3, -0.25) is 9.52 Å². The van der Waals surface area contributed by atoms with Crippen molar-refractivity contribution in [1.29, 1.82) is 5.26 Å². The van der Waals surface area contributed by atoms with E-state index in [-0.39, 0.29) is 10.8 Å². The predicted molar refractivity (Wildman–Crippen MR) is 95.7 cm³/mol. The van der Waals surface area contributed by atoms with E-state index in [0.717, 1.165) is 0 Å². The highest BCUT2D eigenvalue weighted by molar-refractivity contribution is 7.92. The van der Waals surface area contributed by atoms with E-state index in [2.05, 4.69) is 4.72 Å². The van der Waals surface area contributed by atoms with E-state index in [1.54, 1.807) is 23.1 Å². The third kappa shape index (κ3) is 4.37. The lowest BCUT2D eigenvalue weighted by Gasteiger charge is -2.18. The maximum Gasteiger partial charge on any atom is 0.261 e. The van der Waals surface area contributed by atoms with Crippen LogP contribution in [0, 0.1) is 11.3 Å². The van der Waals surface area contributed by atoms with Crippen LogP contribution < -0.4 is 4.72 Å². The summed E-state index contributed by atoms with van der Waals surface area (Å²) >= 11 is 0. The zero-order chi connectivity index (χ0) is 18.4. The quantitative estimate of drug-likeness (QED) is 0.861. The lowest BCUT2D eigenvalue weighted by atomic mass is 10.2. The van der Waals surface area contributed by atoms with Crippen LogP contribution in [-0.4, -0.2) is 32.3 Å². The summed E-state index contributed by atoms with van der Waals surface area (Å²) in [5.41, 5.74) is 1.11. The summed E-state index contributed by atoms with van der Waals surface area (Å²) in [6.45, 7) is 4.96. The molecule has 0 radical (unpaired) electrons. The minimum absolute atomic E-state index is 0.0472. The van der Waals surface area contributed by atoms with Gasteiger partial charge in [-0.15, -0.1) is 0 Å². The molecule has 0 saturated heterocycles. The van der Waals surface area contributed by atoms with Crippen molar-refractivity contribution in [3.63, 3.8) is 0 Å². The standard InChI is InChI=1S/C18H19N3O3S/c1-3-21(4-2)18(22)15-8-10-17(11-9-15)25(23,24)20-16-7-5-6-14(12-16)13-19/h5-12,20H,3-4H2,1-2H3. The molecule has 2 aromatic rings. The summed E-state index contributed by atoms with van der Waals surface area (Å²) in [5.74, 6) is -0.136. The first-order chi connectivity index (χ1) is 11.9. The first-order valence-corrected chi connectivity index (χ1v) is 9.32. The molecule has 0 spiro atoms. The minimum atomic E-state index is -3.80. The second-order valence-electron chi connectivity index (χ2n) is 5.30. The van der Waals surface area contributed by atoms with E-state index in [9.17, 15) is 13.2 Å². The summed E-state index contributed by atoms with van der Waals surface area (Å²) in [4.78, 5) is 14.0. The van der Waals surface area contributed by atoms with Crippen molar-refractivity contribution in [2.45, 2.75) is 18.7 Å². The topological polar surface area (TPSA) is 90.3 Å². The highest BCUT2D eigenvalue weighted by Gasteiger charge is 2.17. The number of anilines is 1. The maximum absolute atomic E-state index is 12.4. The van der Waals surface area contributed by atoms with Crippen molar-refractivity contribution in [3.8, 4) is 6.07 Å². The Labute approximate surface area is 147 Å². The number of hydrogen-bond donors (Lipinski definition) is 1. The van der Waals surface area contributed by atoms with Crippen LogP contribution in [0.25, 0.3) is 0 Å². The average Bonchev–Trinajstić information content (AvgIpc) is 2.62. The maximum atomic E-state index is 12.4. The molecule has 0 fully saturated rings. The van der Waals surface area contributed by atoms with Crippen molar-refractivity contribution in [2.75, 3.05) is 17.8 Å². The van der Waals surface area contributed by atoms with Crippen molar-refractivity contribution < 1.29 is 13.2 Å². The van der Waals surface area contributed by atoms with Crippen molar-refractivity contribution in [3.05, 3.63) is 59.7 Å². The number of carbonyl (C=O) groups is 1. The third-order valence-electron chi connectivity index (χ3n) is 3.71. The van der Waals surface area contributed by atoms with Gasteiger partial charge in [0.05, 0.1) is 22.2 Å². The summed E-state index contributed by atoms with van der Waals surface area (Å²) in [5, 5.41) is 8.88. The van der Waals surface area contributed by atoms with Gasteiger partial charge in [0.1, 0.15) is 0 Å². The lowest BCUT2D eigenvalue weighted by molar-refractivity contribution is 0.0773. The van der Waals surface area contributed by atoms with Gasteiger partial charge in [0.25, 0.3) is 15.9 Å². The molecular formula is C18H19N3O3S. The average molecular weight is 357 g/mol. The zero-order valence-corrected chi connectivity index (χ0v) is 14.9. The van der Waals surface area contributed by atoms with E-state index in [4.69, 9.17) is 5.26 Å². The Kier molecular flexibility index (Phi) is 5.78. The Hall–Kier alpha value is -2.85. The van der Waals surface area contributed by atoms with E-state index >= 15 is 0 Å². The van der Waals surface area contributed by atoms with Crippen molar-refractivity contribution in [1.82, 2.24) is 4.90 Å². The number of nitrogens with zero attached hydrogens (tertiary/aromatic N) is 2. The molecule has 130 valence electrons. The van der Waals surface area contributed by atoms with Gasteiger partial charge in [0.2, 0.25) is 0 Å². The number of carbonyl (C=O) groups excluding carboxylic acids is 1. The molecule has 0 aliphatic heterocycles. The minimum Gasteiger partial charge on any atom is -0.339 e. The van der Waals surface area contributed by atoms with Crippen LogP contribution in [0.2, 0.25) is 0 Å². The molecule has 0 aliphatic carbocycles. The van der Waals surface area contributed by atoms with Gasteiger partial charge in [-0.2, -0.15) is 5.26 Å². The molecule has 0 aliphatic rings. The lowest BCUT2D eigenvalue weighted by Crippen LogP contribution is -2.30. The highest BCUT2D eigenvalue weighted by atomic mass is 32.2. The first-order valence-electron chi connectivity index (χ1n) is 7.83. The highest BCUT2D eigenvalue weighted by Crippen LogP contribution is 2.18. The Balaban J connectivity index is 2.23. The monoisotopic (exact) mass is 357 g/mol. The van der Waals surface area contributed by atoms with E-state index in [1.807, 2.05) is 19.9 Å². The van der Waals surface area contributed by atoms with Crippen LogP contribution in [0.5, 0.6) is 0 Å². The van der Waals surface area contributed by atoms with E-state index < -0.39 is 10.0 Å². The fraction of sp³-hybridized carbons (Fsp3) is 0.222. The number of nitriles is 1. The third-order valence-corrected chi connectivity index (χ3v) is 5.10. The fourth-order valence-corrected chi connectivity index (χ4v) is 3.39. The SMILES string of the molecule is CCN(CC)C(=O)c1ccc(S(=O)(=O)Nc2cccc(C#N)c2)cc1. The summed E-state index contributed by atoms with van der Waals surface area (Å²) in [7, 11) is -3.80. The van der Waals surface area contributed by atoms with Gasteiger partial charge in [-0.05, 0) is 56.3 Å². The first kappa shape index (κ1) is 18.5. The summed E-state index contributed by atoms with van der Waals surface area (Å²) in [6, 6.07) is 14.0. The molecule has 25 heavy (non-hydrogen) atoms. The molecule has 0 heterocycles. The molecule has 7 heteroatoms. The molecule has 6 nitrogen and oxygen atoms in total. The Morgan fingerprint density at radius 2 is 1.76 bits per heavy atom. The molecular weight excluding hydrogens is 338 g/mol. The Bertz CT molecular complexity index is 896. The van der Waals surface area contributed by atoms with Crippen LogP contribution in [0.1, 0.15) is 29.8 Å². The van der Waals surface area contributed by atoms with Gasteiger partial charge in [0, 0.05) is 18.7 Å². The normalized spacial score (nSPS) is 10.8. The molecule has 0 unspecified atom stereocenters. The second kappa shape index (κ2) is 7.81. The number of hydrogen-bond acceptors (Lipinski definition) is 4. The number of rotatable bonds is 6. The fourth-order valence-electron chi connectivity index (χ4n) is 2.34.